The Hall–Kier alpha value is -1.23. The molecule has 1 aromatic heterocycles. The summed E-state index contributed by atoms with van der Waals surface area (Å²) in [5.74, 6) is 0.583. The van der Waals surface area contributed by atoms with Crippen molar-refractivity contribution < 1.29 is 9.90 Å². The molecule has 0 amide bonds. The van der Waals surface area contributed by atoms with Crippen molar-refractivity contribution >= 4 is 17.7 Å². The molecule has 1 saturated heterocycles. The fourth-order valence-electron chi connectivity index (χ4n) is 1.74. The van der Waals surface area contributed by atoms with Gasteiger partial charge in [0.15, 0.2) is 11.0 Å². The zero-order chi connectivity index (χ0) is 10.9. The number of thioether (sulfide) groups is 1. The molecule has 1 aliphatic rings. The maximum atomic E-state index is 11.3. The highest BCUT2D eigenvalue weighted by Crippen LogP contribution is 2.34. The van der Waals surface area contributed by atoms with Gasteiger partial charge in [-0.2, -0.15) is 11.8 Å². The van der Waals surface area contributed by atoms with Crippen molar-refractivity contribution in [2.75, 3.05) is 11.5 Å². The molecule has 1 N–H and O–H groups in total. The summed E-state index contributed by atoms with van der Waals surface area (Å²) in [6.07, 6.45) is 3.72. The van der Waals surface area contributed by atoms with E-state index in [0.29, 0.717) is 12.2 Å². The predicted molar refractivity (Wildman–Crippen MR) is 58.3 cm³/mol. The summed E-state index contributed by atoms with van der Waals surface area (Å²) in [6, 6.07) is 2.79. The molecule has 80 valence electrons. The van der Waals surface area contributed by atoms with Crippen LogP contribution >= 0.6 is 11.8 Å². The number of hydrogen-bond acceptors (Lipinski definition) is 3. The second kappa shape index (κ2) is 3.73. The van der Waals surface area contributed by atoms with Gasteiger partial charge in [-0.3, -0.25) is 4.79 Å². The fourth-order valence-corrected chi connectivity index (χ4v) is 3.12. The van der Waals surface area contributed by atoms with Crippen molar-refractivity contribution in [3.05, 3.63) is 34.7 Å². The molecule has 1 atom stereocenters. The van der Waals surface area contributed by atoms with E-state index < -0.39 is 11.5 Å². The minimum Gasteiger partial charge on any atom is -0.479 e. The SMILES string of the molecule is O=C(O)C1(n2ccc(=O)cc2)CCSC1. The standard InChI is InChI=1S/C10H11NO3S/c12-8-1-4-11(5-2-8)10(9(13)14)3-6-15-7-10/h1-2,4-5H,3,6-7H2,(H,13,14). The molecule has 15 heavy (non-hydrogen) atoms. The van der Waals surface area contributed by atoms with Gasteiger partial charge in [0.2, 0.25) is 0 Å². The number of aromatic nitrogens is 1. The van der Waals surface area contributed by atoms with Gasteiger partial charge in [0.25, 0.3) is 0 Å². The van der Waals surface area contributed by atoms with Crippen LogP contribution in [0.5, 0.6) is 0 Å². The Morgan fingerprint density at radius 1 is 1.47 bits per heavy atom. The normalized spacial score (nSPS) is 25.3. The Labute approximate surface area is 90.9 Å². The number of carbonyl (C=O) groups is 1. The van der Waals surface area contributed by atoms with Gasteiger partial charge in [-0.05, 0) is 12.2 Å². The van der Waals surface area contributed by atoms with Crippen LogP contribution in [0.1, 0.15) is 6.42 Å². The minimum atomic E-state index is -0.863. The first-order valence-corrected chi connectivity index (χ1v) is 5.81. The van der Waals surface area contributed by atoms with Crippen molar-refractivity contribution in [2.45, 2.75) is 12.0 Å². The van der Waals surface area contributed by atoms with Gasteiger partial charge in [0, 0.05) is 30.3 Å². The monoisotopic (exact) mass is 225 g/mol. The van der Waals surface area contributed by atoms with Gasteiger partial charge in [-0.1, -0.05) is 0 Å². The summed E-state index contributed by atoms with van der Waals surface area (Å²) < 4.78 is 1.64. The number of carboxylic acid groups (broad SMARTS) is 1. The number of aliphatic carboxylic acids is 1. The molecule has 1 fully saturated rings. The Bertz CT molecular complexity index is 414. The quantitative estimate of drug-likeness (QED) is 0.807. The number of rotatable bonds is 2. The third kappa shape index (κ3) is 1.67. The Morgan fingerprint density at radius 2 is 2.13 bits per heavy atom. The van der Waals surface area contributed by atoms with Gasteiger partial charge in [0.05, 0.1) is 0 Å². The second-order valence-corrected chi connectivity index (χ2v) is 4.69. The number of pyridine rings is 1. The van der Waals surface area contributed by atoms with E-state index >= 15 is 0 Å². The highest BCUT2D eigenvalue weighted by molar-refractivity contribution is 7.99. The summed E-state index contributed by atoms with van der Waals surface area (Å²) >= 11 is 1.63. The van der Waals surface area contributed by atoms with Crippen molar-refractivity contribution in [1.29, 1.82) is 0 Å². The Balaban J connectivity index is 2.45. The fraction of sp³-hybridized carbons (Fsp3) is 0.400. The summed E-state index contributed by atoms with van der Waals surface area (Å²) in [6.45, 7) is 0. The van der Waals surface area contributed by atoms with E-state index in [1.54, 1.807) is 28.7 Å². The van der Waals surface area contributed by atoms with E-state index in [1.165, 1.54) is 12.1 Å². The molecule has 1 aliphatic heterocycles. The smallest absolute Gasteiger partial charge is 0.330 e. The van der Waals surface area contributed by atoms with Crippen molar-refractivity contribution in [3.8, 4) is 0 Å². The maximum absolute atomic E-state index is 11.3. The van der Waals surface area contributed by atoms with Gasteiger partial charge in [0.1, 0.15) is 0 Å². The summed E-state index contributed by atoms with van der Waals surface area (Å²) in [5, 5.41) is 9.27. The average molecular weight is 225 g/mol. The zero-order valence-electron chi connectivity index (χ0n) is 8.05. The van der Waals surface area contributed by atoms with E-state index in [4.69, 9.17) is 0 Å². The molecule has 4 nitrogen and oxygen atoms in total. The van der Waals surface area contributed by atoms with Gasteiger partial charge in [-0.25, -0.2) is 4.79 Å². The van der Waals surface area contributed by atoms with E-state index in [9.17, 15) is 14.7 Å². The highest BCUT2D eigenvalue weighted by atomic mass is 32.2. The highest BCUT2D eigenvalue weighted by Gasteiger charge is 2.42. The van der Waals surface area contributed by atoms with Crippen LogP contribution in [-0.4, -0.2) is 27.1 Å². The van der Waals surface area contributed by atoms with E-state index in [0.717, 1.165) is 5.75 Å². The van der Waals surface area contributed by atoms with Gasteiger partial charge >= 0.3 is 5.97 Å². The first-order chi connectivity index (χ1) is 7.15. The summed E-state index contributed by atoms with van der Waals surface area (Å²) in [4.78, 5) is 22.2. The molecule has 0 bridgehead atoms. The largest absolute Gasteiger partial charge is 0.479 e. The van der Waals surface area contributed by atoms with Crippen LogP contribution in [0.4, 0.5) is 0 Å². The van der Waals surface area contributed by atoms with Gasteiger partial charge in [-0.15, -0.1) is 0 Å². The first-order valence-electron chi connectivity index (χ1n) is 4.65. The lowest BCUT2D eigenvalue weighted by Gasteiger charge is -2.26. The lowest BCUT2D eigenvalue weighted by molar-refractivity contribution is -0.146. The van der Waals surface area contributed by atoms with Crippen LogP contribution in [0.2, 0.25) is 0 Å². The Kier molecular flexibility index (Phi) is 2.56. The van der Waals surface area contributed by atoms with Crippen molar-refractivity contribution in [1.82, 2.24) is 4.57 Å². The third-order valence-electron chi connectivity index (χ3n) is 2.69. The molecule has 2 heterocycles. The maximum Gasteiger partial charge on any atom is 0.330 e. The van der Waals surface area contributed by atoms with Crippen LogP contribution in [0, 0.1) is 0 Å². The molecule has 5 heteroatoms. The van der Waals surface area contributed by atoms with E-state index in [1.807, 2.05) is 0 Å². The van der Waals surface area contributed by atoms with Crippen molar-refractivity contribution in [2.24, 2.45) is 0 Å². The lowest BCUT2D eigenvalue weighted by Crippen LogP contribution is -2.42. The third-order valence-corrected chi connectivity index (χ3v) is 3.87. The van der Waals surface area contributed by atoms with Gasteiger partial charge < -0.3 is 9.67 Å². The lowest BCUT2D eigenvalue weighted by atomic mass is 9.99. The van der Waals surface area contributed by atoms with E-state index in [-0.39, 0.29) is 5.43 Å². The van der Waals surface area contributed by atoms with Crippen LogP contribution in [-0.2, 0) is 10.3 Å². The molecule has 2 rings (SSSR count). The zero-order valence-corrected chi connectivity index (χ0v) is 8.87. The number of hydrogen-bond donors (Lipinski definition) is 1. The molecular weight excluding hydrogens is 214 g/mol. The minimum absolute atomic E-state index is 0.0996. The second-order valence-electron chi connectivity index (χ2n) is 3.58. The Morgan fingerprint density at radius 3 is 2.60 bits per heavy atom. The van der Waals surface area contributed by atoms with Crippen LogP contribution in [0.3, 0.4) is 0 Å². The molecule has 0 radical (unpaired) electrons. The summed E-state index contributed by atoms with van der Waals surface area (Å²) in [5.41, 5.74) is -0.962. The molecule has 0 saturated carbocycles. The molecular formula is C10H11NO3S. The van der Waals surface area contributed by atoms with Crippen molar-refractivity contribution in [3.63, 3.8) is 0 Å². The topological polar surface area (TPSA) is 59.3 Å². The predicted octanol–water partition coefficient (Wildman–Crippen LogP) is 0.765. The van der Waals surface area contributed by atoms with Crippen LogP contribution in [0.15, 0.2) is 29.3 Å². The number of nitrogens with zero attached hydrogens (tertiary/aromatic N) is 1. The van der Waals surface area contributed by atoms with Crippen LogP contribution < -0.4 is 5.43 Å². The van der Waals surface area contributed by atoms with E-state index in [2.05, 4.69) is 0 Å². The molecule has 0 aliphatic carbocycles. The van der Waals surface area contributed by atoms with Crippen LogP contribution in [0.25, 0.3) is 0 Å². The number of carboxylic acids is 1. The molecule has 0 spiro atoms. The first kappa shape index (κ1) is 10.3. The summed E-state index contributed by atoms with van der Waals surface area (Å²) in [7, 11) is 0. The molecule has 0 aromatic carbocycles. The molecule has 1 unspecified atom stereocenters. The average Bonchev–Trinajstić information content (AvgIpc) is 2.69. The molecule has 1 aromatic rings.